The minimum absolute atomic E-state index is 0.0979. The molecule has 0 radical (unpaired) electrons. The highest BCUT2D eigenvalue weighted by atomic mass is 32.2. The molecule has 2 aromatic heterocycles. The molecular weight excluding hydrogens is 565 g/mol. The monoisotopic (exact) mass is 588 g/mol. The smallest absolute Gasteiger partial charge is 0.240 e. The third-order valence-electron chi connectivity index (χ3n) is 6.79. The number of hydrogen-bond donors (Lipinski definition) is 1. The summed E-state index contributed by atoms with van der Waals surface area (Å²) >= 11 is 1.16. The van der Waals surface area contributed by atoms with Gasteiger partial charge in [0.25, 0.3) is 0 Å². The van der Waals surface area contributed by atoms with Crippen molar-refractivity contribution in [3.05, 3.63) is 126 Å². The number of nitrogens with one attached hydrogen (secondary N) is 1. The zero-order chi connectivity index (χ0) is 29.2. The molecule has 0 aliphatic carbocycles. The number of rotatable bonds is 7. The van der Waals surface area contributed by atoms with Crippen molar-refractivity contribution in [1.82, 2.24) is 15.1 Å². The van der Waals surface area contributed by atoms with Crippen molar-refractivity contribution < 1.29 is 27.2 Å². The Morgan fingerprint density at radius 3 is 2.45 bits per heavy atom. The molecule has 1 aliphatic heterocycles. The Morgan fingerprint density at radius 2 is 1.74 bits per heavy atom. The molecule has 3 heterocycles. The number of fused-ring (bicyclic) bond motifs is 1. The predicted molar refractivity (Wildman–Crippen MR) is 153 cm³/mol. The maximum Gasteiger partial charge on any atom is 0.240 e. The molecule has 1 aliphatic rings. The second kappa shape index (κ2) is 11.6. The van der Waals surface area contributed by atoms with E-state index in [1.165, 1.54) is 46.2 Å². The molecule has 2 amide bonds. The minimum Gasteiger partial charge on any atom is -0.467 e. The van der Waals surface area contributed by atoms with Crippen molar-refractivity contribution in [2.45, 2.75) is 11.8 Å². The third kappa shape index (κ3) is 5.42. The van der Waals surface area contributed by atoms with Crippen LogP contribution in [0.4, 0.5) is 19.0 Å². The van der Waals surface area contributed by atoms with E-state index >= 15 is 4.39 Å². The van der Waals surface area contributed by atoms with Crippen molar-refractivity contribution in [3.8, 4) is 16.9 Å². The Hall–Kier alpha value is -4.77. The van der Waals surface area contributed by atoms with Crippen LogP contribution in [0.2, 0.25) is 0 Å². The normalized spacial score (nSPS) is 14.9. The van der Waals surface area contributed by atoms with E-state index in [0.29, 0.717) is 28.3 Å². The molecule has 6 rings (SSSR count). The van der Waals surface area contributed by atoms with Gasteiger partial charge < -0.3 is 9.73 Å². The number of carbonyl (C=O) groups is 2. The molecule has 0 saturated heterocycles. The summed E-state index contributed by atoms with van der Waals surface area (Å²) in [4.78, 5) is 28.2. The van der Waals surface area contributed by atoms with E-state index in [1.54, 1.807) is 12.1 Å². The molecule has 0 unspecified atom stereocenters. The van der Waals surface area contributed by atoms with Crippen LogP contribution in [-0.4, -0.2) is 33.9 Å². The third-order valence-corrected chi connectivity index (χ3v) is 8.03. The van der Waals surface area contributed by atoms with Crippen molar-refractivity contribution in [2.24, 2.45) is 0 Å². The lowest BCUT2D eigenvalue weighted by Gasteiger charge is -2.23. The quantitative estimate of drug-likeness (QED) is 0.251. The van der Waals surface area contributed by atoms with Gasteiger partial charge in [-0.05, 0) is 42.5 Å². The molecule has 42 heavy (non-hydrogen) atoms. The van der Waals surface area contributed by atoms with Crippen LogP contribution in [0.5, 0.6) is 0 Å². The highest BCUT2D eigenvalue weighted by Gasteiger charge is 2.38. The first-order valence-corrected chi connectivity index (χ1v) is 14.0. The van der Waals surface area contributed by atoms with E-state index in [2.05, 4.69) is 5.32 Å². The number of anilines is 1. The van der Waals surface area contributed by atoms with Crippen LogP contribution < -0.4 is 10.2 Å². The van der Waals surface area contributed by atoms with E-state index < -0.39 is 34.5 Å². The summed E-state index contributed by atoms with van der Waals surface area (Å²) in [6, 6.07) is 21.4. The van der Waals surface area contributed by atoms with Crippen LogP contribution in [-0.2, 0) is 16.1 Å². The highest BCUT2D eigenvalue weighted by molar-refractivity contribution is 8.00. The standard InChI is InChI=1S/C31H23F3N4O3S/c32-20-8-11-22(12-9-20)38-31-28(29(36-38)19-5-2-1-3-6-19)30(24-13-10-21(33)15-25(24)34)42-18-27(40)37(31)17-26(39)35-16-23-7-4-14-41-23/h1-15,30H,16-18H2,(H,35,39)/t30-/m1/s1. The topological polar surface area (TPSA) is 80.4 Å². The maximum atomic E-state index is 15.3. The van der Waals surface area contributed by atoms with Gasteiger partial charge in [-0.25, -0.2) is 17.9 Å². The summed E-state index contributed by atoms with van der Waals surface area (Å²) in [6.45, 7) is -0.252. The molecule has 5 aromatic rings. The van der Waals surface area contributed by atoms with Crippen molar-refractivity contribution in [2.75, 3.05) is 17.2 Å². The number of benzene rings is 3. The Labute approximate surface area is 242 Å². The van der Waals surface area contributed by atoms with E-state index in [1.807, 2.05) is 30.3 Å². The summed E-state index contributed by atoms with van der Waals surface area (Å²) in [7, 11) is 0. The van der Waals surface area contributed by atoms with Crippen LogP contribution in [0, 0.1) is 17.5 Å². The number of aromatic nitrogens is 2. The largest absolute Gasteiger partial charge is 0.467 e. The van der Waals surface area contributed by atoms with Crippen LogP contribution in [0.1, 0.15) is 22.1 Å². The van der Waals surface area contributed by atoms with Gasteiger partial charge in [-0.1, -0.05) is 36.4 Å². The van der Waals surface area contributed by atoms with Crippen LogP contribution >= 0.6 is 11.8 Å². The number of halogens is 3. The van der Waals surface area contributed by atoms with E-state index in [-0.39, 0.29) is 30.2 Å². The van der Waals surface area contributed by atoms with E-state index in [4.69, 9.17) is 9.52 Å². The number of carbonyl (C=O) groups excluding carboxylic acids is 2. The lowest BCUT2D eigenvalue weighted by atomic mass is 9.99. The molecule has 1 atom stereocenters. The Morgan fingerprint density at radius 1 is 0.976 bits per heavy atom. The molecule has 1 N–H and O–H groups in total. The average molecular weight is 589 g/mol. The van der Waals surface area contributed by atoms with E-state index in [0.717, 1.165) is 23.9 Å². The van der Waals surface area contributed by atoms with Gasteiger partial charge in [0.05, 0.1) is 35.2 Å². The summed E-state index contributed by atoms with van der Waals surface area (Å²) in [5, 5.41) is 6.82. The Kier molecular flexibility index (Phi) is 7.58. The lowest BCUT2D eigenvalue weighted by Crippen LogP contribution is -2.42. The summed E-state index contributed by atoms with van der Waals surface area (Å²) in [5.41, 5.74) is 2.17. The first kappa shape index (κ1) is 27.4. The fraction of sp³-hybridized carbons (Fsp3) is 0.129. The van der Waals surface area contributed by atoms with Gasteiger partial charge in [-0.3, -0.25) is 14.5 Å². The lowest BCUT2D eigenvalue weighted by molar-refractivity contribution is -0.123. The average Bonchev–Trinajstić information content (AvgIpc) is 3.62. The number of amides is 2. The van der Waals surface area contributed by atoms with Gasteiger partial charge in [-0.15, -0.1) is 11.8 Å². The molecule has 0 spiro atoms. The van der Waals surface area contributed by atoms with Crippen LogP contribution in [0.25, 0.3) is 16.9 Å². The van der Waals surface area contributed by atoms with Gasteiger partial charge >= 0.3 is 0 Å². The second-order valence-electron chi connectivity index (χ2n) is 9.53. The molecule has 11 heteroatoms. The Bertz CT molecular complexity index is 1740. The molecule has 7 nitrogen and oxygen atoms in total. The number of hydrogen-bond acceptors (Lipinski definition) is 5. The summed E-state index contributed by atoms with van der Waals surface area (Å²) in [5.74, 6) is -2.17. The minimum atomic E-state index is -0.787. The number of furan rings is 1. The van der Waals surface area contributed by atoms with Gasteiger partial charge in [-0.2, -0.15) is 5.10 Å². The first-order valence-electron chi connectivity index (χ1n) is 13.0. The maximum absolute atomic E-state index is 15.3. The van der Waals surface area contributed by atoms with Gasteiger partial charge in [0, 0.05) is 22.8 Å². The van der Waals surface area contributed by atoms with E-state index in [9.17, 15) is 18.4 Å². The Balaban J connectivity index is 1.55. The SMILES string of the molecule is O=C(CN1C(=O)CS[C@H](c2ccc(F)cc2F)c2c(-c3ccccc3)nn(-c3ccc(F)cc3)c21)NCc1ccco1. The fourth-order valence-electron chi connectivity index (χ4n) is 4.85. The first-order chi connectivity index (χ1) is 20.4. The number of thioether (sulfide) groups is 1. The van der Waals surface area contributed by atoms with Crippen molar-refractivity contribution in [3.63, 3.8) is 0 Å². The van der Waals surface area contributed by atoms with Crippen molar-refractivity contribution in [1.29, 1.82) is 0 Å². The molecule has 0 fully saturated rings. The molecule has 0 bridgehead atoms. The van der Waals surface area contributed by atoms with Gasteiger partial charge in [0.1, 0.15) is 35.6 Å². The van der Waals surface area contributed by atoms with Gasteiger partial charge in [0.15, 0.2) is 0 Å². The predicted octanol–water partition coefficient (Wildman–Crippen LogP) is 6.04. The second-order valence-corrected chi connectivity index (χ2v) is 10.6. The fourth-order valence-corrected chi connectivity index (χ4v) is 6.07. The van der Waals surface area contributed by atoms with Gasteiger partial charge in [0.2, 0.25) is 11.8 Å². The van der Waals surface area contributed by atoms with Crippen molar-refractivity contribution >= 4 is 29.4 Å². The zero-order valence-electron chi connectivity index (χ0n) is 22.0. The molecule has 0 saturated carbocycles. The molecule has 212 valence electrons. The molecular formula is C31H23F3N4O3S. The van der Waals surface area contributed by atoms with Crippen LogP contribution in [0.15, 0.2) is 95.6 Å². The highest BCUT2D eigenvalue weighted by Crippen LogP contribution is 2.49. The summed E-state index contributed by atoms with van der Waals surface area (Å²) < 4.78 is 49.9. The summed E-state index contributed by atoms with van der Waals surface area (Å²) in [6.07, 6.45) is 1.49. The zero-order valence-corrected chi connectivity index (χ0v) is 22.8. The van der Waals surface area contributed by atoms with Crippen LogP contribution in [0.3, 0.4) is 0 Å². The number of nitrogens with zero attached hydrogens (tertiary/aromatic N) is 3. The molecule has 3 aromatic carbocycles.